The molecule has 1 aromatic rings. The number of para-hydroxylation sites is 1. The number of nitrogens with one attached hydrogen (secondary N) is 1. The van der Waals surface area contributed by atoms with Crippen LogP contribution in [0, 0.1) is 5.82 Å². The number of anilines is 1. The van der Waals surface area contributed by atoms with Crippen molar-refractivity contribution in [1.82, 2.24) is 0 Å². The van der Waals surface area contributed by atoms with E-state index in [9.17, 15) is 14.0 Å². The number of hydrogen-bond donors (Lipinski definition) is 1. The highest BCUT2D eigenvalue weighted by molar-refractivity contribution is 6.37. The fourth-order valence-electron chi connectivity index (χ4n) is 0.829. The lowest BCUT2D eigenvalue weighted by molar-refractivity contribution is -0.150. The standard InChI is InChI=1S/C9H8FNO3/c1-14-9(13)8(12)11-7-5-3-2-4-6(7)10/h2-5H,1H3,(H,11,12). The highest BCUT2D eigenvalue weighted by atomic mass is 19.1. The van der Waals surface area contributed by atoms with Gasteiger partial charge in [0, 0.05) is 0 Å². The van der Waals surface area contributed by atoms with Gasteiger partial charge in [-0.15, -0.1) is 0 Å². The number of carbonyl (C=O) groups excluding carboxylic acids is 2. The average Bonchev–Trinajstić information content (AvgIpc) is 2.20. The van der Waals surface area contributed by atoms with Crippen molar-refractivity contribution in [2.45, 2.75) is 0 Å². The maximum Gasteiger partial charge on any atom is 0.396 e. The van der Waals surface area contributed by atoms with Crippen LogP contribution in [0.25, 0.3) is 0 Å². The Kier molecular flexibility index (Phi) is 3.17. The van der Waals surface area contributed by atoms with E-state index in [0.29, 0.717) is 0 Å². The summed E-state index contributed by atoms with van der Waals surface area (Å²) in [5, 5.41) is 2.07. The van der Waals surface area contributed by atoms with Crippen molar-refractivity contribution in [2.75, 3.05) is 12.4 Å². The van der Waals surface area contributed by atoms with Crippen LogP contribution >= 0.6 is 0 Å². The minimum Gasteiger partial charge on any atom is -0.462 e. The molecule has 0 aliphatic rings. The van der Waals surface area contributed by atoms with Gasteiger partial charge in [-0.3, -0.25) is 4.79 Å². The lowest BCUT2D eigenvalue weighted by Gasteiger charge is -2.03. The topological polar surface area (TPSA) is 55.4 Å². The third-order valence-electron chi connectivity index (χ3n) is 1.49. The molecule has 14 heavy (non-hydrogen) atoms. The Labute approximate surface area is 79.7 Å². The van der Waals surface area contributed by atoms with Crippen LogP contribution in [-0.2, 0) is 14.3 Å². The molecule has 1 aromatic carbocycles. The molecule has 0 bridgehead atoms. The van der Waals surface area contributed by atoms with Crippen LogP contribution in [-0.4, -0.2) is 19.0 Å². The Morgan fingerprint density at radius 3 is 2.57 bits per heavy atom. The van der Waals surface area contributed by atoms with Crippen molar-refractivity contribution in [1.29, 1.82) is 0 Å². The molecule has 1 N–H and O–H groups in total. The van der Waals surface area contributed by atoms with Gasteiger partial charge in [-0.1, -0.05) is 12.1 Å². The van der Waals surface area contributed by atoms with Crippen LogP contribution in [0.1, 0.15) is 0 Å². The van der Waals surface area contributed by atoms with Gasteiger partial charge < -0.3 is 10.1 Å². The lowest BCUT2D eigenvalue weighted by atomic mass is 10.3. The number of hydrogen-bond acceptors (Lipinski definition) is 3. The van der Waals surface area contributed by atoms with Crippen LogP contribution in [0.3, 0.4) is 0 Å². The Hall–Kier alpha value is -1.91. The Bertz CT molecular complexity index is 365. The second-order valence-corrected chi connectivity index (χ2v) is 2.43. The third-order valence-corrected chi connectivity index (χ3v) is 1.49. The van der Waals surface area contributed by atoms with Gasteiger partial charge in [-0.2, -0.15) is 0 Å². The highest BCUT2D eigenvalue weighted by Gasteiger charge is 2.14. The molecule has 0 saturated carbocycles. The third kappa shape index (κ3) is 2.29. The van der Waals surface area contributed by atoms with E-state index in [2.05, 4.69) is 10.1 Å². The number of rotatable bonds is 1. The van der Waals surface area contributed by atoms with E-state index in [0.717, 1.165) is 7.11 Å². The van der Waals surface area contributed by atoms with E-state index in [-0.39, 0.29) is 5.69 Å². The van der Waals surface area contributed by atoms with Gasteiger partial charge in [0.2, 0.25) is 0 Å². The van der Waals surface area contributed by atoms with Gasteiger partial charge in [-0.25, -0.2) is 9.18 Å². The van der Waals surface area contributed by atoms with Crippen molar-refractivity contribution in [3.05, 3.63) is 30.1 Å². The normalized spacial score (nSPS) is 9.29. The highest BCUT2D eigenvalue weighted by Crippen LogP contribution is 2.11. The quantitative estimate of drug-likeness (QED) is 0.538. The van der Waals surface area contributed by atoms with Gasteiger partial charge in [0.15, 0.2) is 0 Å². The van der Waals surface area contributed by atoms with Crippen molar-refractivity contribution in [3.8, 4) is 0 Å². The van der Waals surface area contributed by atoms with Gasteiger partial charge in [0.25, 0.3) is 0 Å². The molecular weight excluding hydrogens is 189 g/mol. The number of esters is 1. The Balaban J connectivity index is 2.75. The fourth-order valence-corrected chi connectivity index (χ4v) is 0.829. The van der Waals surface area contributed by atoms with Crippen LogP contribution in [0.4, 0.5) is 10.1 Å². The molecule has 0 aromatic heterocycles. The number of carbonyl (C=O) groups is 2. The predicted octanol–water partition coefficient (Wildman–Crippen LogP) is 0.937. The molecular formula is C9H8FNO3. The molecule has 1 amide bonds. The second-order valence-electron chi connectivity index (χ2n) is 2.43. The van der Waals surface area contributed by atoms with Crippen LogP contribution in [0.15, 0.2) is 24.3 Å². The zero-order valence-corrected chi connectivity index (χ0v) is 7.41. The molecule has 0 unspecified atom stereocenters. The van der Waals surface area contributed by atoms with Crippen LogP contribution in [0.2, 0.25) is 0 Å². The summed E-state index contributed by atoms with van der Waals surface area (Å²) < 4.78 is 17.1. The summed E-state index contributed by atoms with van der Waals surface area (Å²) >= 11 is 0. The summed E-state index contributed by atoms with van der Waals surface area (Å²) in [6.07, 6.45) is 0. The van der Waals surface area contributed by atoms with E-state index in [4.69, 9.17) is 0 Å². The largest absolute Gasteiger partial charge is 0.462 e. The molecule has 0 heterocycles. The van der Waals surface area contributed by atoms with Gasteiger partial charge in [0.1, 0.15) is 5.82 Å². The minimum atomic E-state index is -1.06. The molecule has 0 aliphatic heterocycles. The first kappa shape index (κ1) is 10.2. The SMILES string of the molecule is COC(=O)C(=O)Nc1ccccc1F. The monoisotopic (exact) mass is 197 g/mol. The summed E-state index contributed by atoms with van der Waals surface area (Å²) in [7, 11) is 1.07. The molecule has 74 valence electrons. The summed E-state index contributed by atoms with van der Waals surface area (Å²) in [5.74, 6) is -2.67. The van der Waals surface area contributed by atoms with E-state index in [1.54, 1.807) is 0 Å². The van der Waals surface area contributed by atoms with Crippen molar-refractivity contribution in [2.24, 2.45) is 0 Å². The van der Waals surface area contributed by atoms with Gasteiger partial charge in [-0.05, 0) is 12.1 Å². The number of halogens is 1. The van der Waals surface area contributed by atoms with E-state index in [1.807, 2.05) is 0 Å². The number of amides is 1. The van der Waals surface area contributed by atoms with E-state index >= 15 is 0 Å². The number of benzene rings is 1. The average molecular weight is 197 g/mol. The Morgan fingerprint density at radius 1 is 1.36 bits per heavy atom. The minimum absolute atomic E-state index is 0.0529. The van der Waals surface area contributed by atoms with Gasteiger partial charge >= 0.3 is 11.9 Å². The number of ether oxygens (including phenoxy) is 1. The molecule has 0 fully saturated rings. The van der Waals surface area contributed by atoms with Gasteiger partial charge in [0.05, 0.1) is 12.8 Å². The molecule has 5 heteroatoms. The van der Waals surface area contributed by atoms with Crippen molar-refractivity contribution < 1.29 is 18.7 Å². The summed E-state index contributed by atoms with van der Waals surface area (Å²) in [5.41, 5.74) is -0.0529. The first-order valence-electron chi connectivity index (χ1n) is 3.79. The first-order valence-corrected chi connectivity index (χ1v) is 3.79. The predicted molar refractivity (Wildman–Crippen MR) is 47.0 cm³/mol. The summed E-state index contributed by atoms with van der Waals surface area (Å²) in [4.78, 5) is 21.6. The van der Waals surface area contributed by atoms with E-state index in [1.165, 1.54) is 24.3 Å². The molecule has 0 spiro atoms. The first-order chi connectivity index (χ1) is 6.65. The lowest BCUT2D eigenvalue weighted by Crippen LogP contribution is -2.24. The zero-order valence-electron chi connectivity index (χ0n) is 7.41. The van der Waals surface area contributed by atoms with Crippen molar-refractivity contribution in [3.63, 3.8) is 0 Å². The smallest absolute Gasteiger partial charge is 0.396 e. The summed E-state index contributed by atoms with van der Waals surface area (Å²) in [6.45, 7) is 0. The maximum atomic E-state index is 13.0. The van der Waals surface area contributed by atoms with Crippen LogP contribution < -0.4 is 5.32 Å². The zero-order chi connectivity index (χ0) is 10.6. The Morgan fingerprint density at radius 2 is 2.00 bits per heavy atom. The molecule has 4 nitrogen and oxygen atoms in total. The number of methoxy groups -OCH3 is 1. The maximum absolute atomic E-state index is 13.0. The molecule has 0 saturated heterocycles. The second kappa shape index (κ2) is 4.36. The molecule has 0 atom stereocenters. The van der Waals surface area contributed by atoms with Crippen LogP contribution in [0.5, 0.6) is 0 Å². The van der Waals surface area contributed by atoms with Crippen molar-refractivity contribution >= 4 is 17.6 Å². The molecule has 1 rings (SSSR count). The molecule has 0 aliphatic carbocycles. The summed E-state index contributed by atoms with van der Waals surface area (Å²) in [6, 6.07) is 5.53. The molecule has 0 radical (unpaired) electrons. The van der Waals surface area contributed by atoms with E-state index < -0.39 is 17.7 Å². The fraction of sp³-hybridized carbons (Fsp3) is 0.111.